The number of nitrogens with two attached hydrogens (primary N) is 1. The predicted octanol–water partition coefficient (Wildman–Crippen LogP) is -1.21. The molecule has 0 bridgehead atoms. The zero-order chi connectivity index (χ0) is 11.4. The van der Waals surface area contributed by atoms with E-state index in [-0.39, 0.29) is 6.54 Å². The van der Waals surface area contributed by atoms with Gasteiger partial charge in [-0.3, -0.25) is 0 Å². The third-order valence-electron chi connectivity index (χ3n) is 2.28. The van der Waals surface area contributed by atoms with Gasteiger partial charge in [0.05, 0.1) is 19.2 Å². The Bertz CT molecular complexity index is 392. The van der Waals surface area contributed by atoms with Gasteiger partial charge in [0, 0.05) is 18.6 Å². The molecule has 0 saturated carbocycles. The smallest absolute Gasteiger partial charge is 0.167 e. The lowest BCUT2D eigenvalue weighted by Gasteiger charge is -2.08. The number of quaternary nitrogens is 1. The number of hydrogen-bond acceptors (Lipinski definition) is 4. The first-order valence-electron chi connectivity index (χ1n) is 5.18. The standard InChI is InChI=1S/C11H13NO4/c13-11(14)7-12-8-2-3-9-10(6-8)16-5-1-4-15-9/h2-3,6,12H,1,4-5,7H2,(H,13,14). The molecular formula is C11H13NO4. The monoisotopic (exact) mass is 223 g/mol. The summed E-state index contributed by atoms with van der Waals surface area (Å²) >= 11 is 0. The van der Waals surface area contributed by atoms with Crippen LogP contribution in [-0.2, 0) is 4.79 Å². The summed E-state index contributed by atoms with van der Waals surface area (Å²) in [6.45, 7) is 1.17. The van der Waals surface area contributed by atoms with E-state index in [2.05, 4.69) is 0 Å². The van der Waals surface area contributed by atoms with Gasteiger partial charge in [-0.2, -0.15) is 0 Å². The van der Waals surface area contributed by atoms with Gasteiger partial charge in [0.1, 0.15) is 12.2 Å². The van der Waals surface area contributed by atoms with Crippen LogP contribution in [0.15, 0.2) is 18.2 Å². The van der Waals surface area contributed by atoms with Crippen LogP contribution < -0.4 is 19.9 Å². The number of hydrogen-bond donors (Lipinski definition) is 1. The van der Waals surface area contributed by atoms with Crippen LogP contribution in [0.1, 0.15) is 6.42 Å². The third kappa shape index (κ3) is 2.64. The van der Waals surface area contributed by atoms with Crippen molar-refractivity contribution in [3.63, 3.8) is 0 Å². The number of carbonyl (C=O) groups is 1. The average Bonchev–Trinajstić information content (AvgIpc) is 2.50. The molecule has 0 unspecified atom stereocenters. The molecule has 2 rings (SSSR count). The SMILES string of the molecule is O=C([O-])C[NH2+]c1ccc2c(c1)OCCCO2. The second kappa shape index (κ2) is 4.85. The number of ether oxygens (including phenoxy) is 2. The van der Waals surface area contributed by atoms with Crippen molar-refractivity contribution in [2.24, 2.45) is 0 Å². The summed E-state index contributed by atoms with van der Waals surface area (Å²) in [4.78, 5) is 10.3. The number of benzene rings is 1. The molecule has 0 saturated heterocycles. The summed E-state index contributed by atoms with van der Waals surface area (Å²) in [5, 5.41) is 11.9. The summed E-state index contributed by atoms with van der Waals surface area (Å²) in [5.74, 6) is 0.291. The van der Waals surface area contributed by atoms with Crippen molar-refractivity contribution in [3.8, 4) is 11.5 Å². The average molecular weight is 223 g/mol. The topological polar surface area (TPSA) is 75.2 Å². The Morgan fingerprint density at radius 1 is 1.31 bits per heavy atom. The second-order valence-electron chi connectivity index (χ2n) is 3.54. The van der Waals surface area contributed by atoms with Crippen molar-refractivity contribution in [1.82, 2.24) is 0 Å². The van der Waals surface area contributed by atoms with Crippen LogP contribution in [0.3, 0.4) is 0 Å². The molecule has 16 heavy (non-hydrogen) atoms. The molecular weight excluding hydrogens is 210 g/mol. The molecule has 1 aliphatic heterocycles. The van der Waals surface area contributed by atoms with Gasteiger partial charge < -0.3 is 24.7 Å². The van der Waals surface area contributed by atoms with E-state index in [0.717, 1.165) is 12.1 Å². The van der Waals surface area contributed by atoms with Gasteiger partial charge in [0.2, 0.25) is 0 Å². The van der Waals surface area contributed by atoms with E-state index < -0.39 is 5.97 Å². The highest BCUT2D eigenvalue weighted by atomic mass is 16.5. The van der Waals surface area contributed by atoms with Crippen LogP contribution in [0.4, 0.5) is 5.69 Å². The van der Waals surface area contributed by atoms with Gasteiger partial charge in [-0.15, -0.1) is 0 Å². The number of carboxylic acids is 1. The van der Waals surface area contributed by atoms with Gasteiger partial charge in [-0.1, -0.05) is 0 Å². The normalized spacial score (nSPS) is 14.2. The highest BCUT2D eigenvalue weighted by Gasteiger charge is 2.11. The van der Waals surface area contributed by atoms with Gasteiger partial charge in [0.25, 0.3) is 0 Å². The molecule has 0 amide bonds. The minimum atomic E-state index is -1.09. The maximum atomic E-state index is 10.3. The summed E-state index contributed by atoms with van der Waals surface area (Å²) in [6.07, 6.45) is 0.854. The van der Waals surface area contributed by atoms with E-state index in [4.69, 9.17) is 9.47 Å². The van der Waals surface area contributed by atoms with Crippen molar-refractivity contribution < 1.29 is 24.7 Å². The summed E-state index contributed by atoms with van der Waals surface area (Å²) in [7, 11) is 0. The van der Waals surface area contributed by atoms with Gasteiger partial charge >= 0.3 is 0 Å². The van der Waals surface area contributed by atoms with E-state index in [9.17, 15) is 9.90 Å². The third-order valence-corrected chi connectivity index (χ3v) is 2.28. The summed E-state index contributed by atoms with van der Waals surface area (Å²) in [6, 6.07) is 5.38. The maximum Gasteiger partial charge on any atom is 0.167 e. The van der Waals surface area contributed by atoms with Crippen molar-refractivity contribution >= 4 is 11.7 Å². The minimum absolute atomic E-state index is 0.0976. The van der Waals surface area contributed by atoms with E-state index >= 15 is 0 Å². The molecule has 0 radical (unpaired) electrons. The summed E-state index contributed by atoms with van der Waals surface area (Å²) in [5.41, 5.74) is 0.799. The molecule has 5 heteroatoms. The molecule has 1 aromatic carbocycles. The lowest BCUT2D eigenvalue weighted by molar-refractivity contribution is -0.569. The van der Waals surface area contributed by atoms with Crippen molar-refractivity contribution in [1.29, 1.82) is 0 Å². The molecule has 0 aliphatic carbocycles. The van der Waals surface area contributed by atoms with E-state index in [0.29, 0.717) is 24.7 Å². The fourth-order valence-electron chi connectivity index (χ4n) is 1.51. The zero-order valence-electron chi connectivity index (χ0n) is 8.77. The van der Waals surface area contributed by atoms with Crippen LogP contribution in [-0.4, -0.2) is 25.7 Å². The molecule has 5 nitrogen and oxygen atoms in total. The number of aliphatic carboxylic acids is 1. The molecule has 1 aliphatic rings. The molecule has 1 aromatic rings. The van der Waals surface area contributed by atoms with Crippen LogP contribution >= 0.6 is 0 Å². The summed E-state index contributed by atoms with van der Waals surface area (Å²) < 4.78 is 10.9. The molecule has 0 aromatic heterocycles. The van der Waals surface area contributed by atoms with Gasteiger partial charge in [-0.05, 0) is 6.07 Å². The fourth-order valence-corrected chi connectivity index (χ4v) is 1.51. The van der Waals surface area contributed by atoms with Crippen molar-refractivity contribution in [2.75, 3.05) is 19.8 Å². The number of carboxylic acid groups (broad SMARTS) is 1. The zero-order valence-corrected chi connectivity index (χ0v) is 8.77. The van der Waals surface area contributed by atoms with E-state index in [1.54, 1.807) is 23.5 Å². The van der Waals surface area contributed by atoms with Crippen molar-refractivity contribution in [2.45, 2.75) is 6.42 Å². The Balaban J connectivity index is 2.11. The highest BCUT2D eigenvalue weighted by molar-refractivity contribution is 5.65. The van der Waals surface area contributed by atoms with Gasteiger partial charge in [0.15, 0.2) is 11.5 Å². The molecule has 2 N–H and O–H groups in total. The van der Waals surface area contributed by atoms with Crippen LogP contribution in [0.5, 0.6) is 11.5 Å². The van der Waals surface area contributed by atoms with Gasteiger partial charge in [-0.25, -0.2) is 0 Å². The Morgan fingerprint density at radius 2 is 2.06 bits per heavy atom. The number of fused-ring (bicyclic) bond motifs is 1. The molecule has 86 valence electrons. The van der Waals surface area contributed by atoms with Crippen LogP contribution in [0.2, 0.25) is 0 Å². The molecule has 0 spiro atoms. The highest BCUT2D eigenvalue weighted by Crippen LogP contribution is 2.30. The molecule has 0 fully saturated rings. The maximum absolute atomic E-state index is 10.3. The Labute approximate surface area is 93.0 Å². The number of rotatable bonds is 3. The quantitative estimate of drug-likeness (QED) is 0.653. The fraction of sp³-hybridized carbons (Fsp3) is 0.364. The minimum Gasteiger partial charge on any atom is -0.544 e. The van der Waals surface area contributed by atoms with Crippen molar-refractivity contribution in [3.05, 3.63) is 18.2 Å². The predicted molar refractivity (Wildman–Crippen MR) is 53.5 cm³/mol. The van der Waals surface area contributed by atoms with E-state index in [1.165, 1.54) is 0 Å². The first-order chi connectivity index (χ1) is 7.75. The lowest BCUT2D eigenvalue weighted by Crippen LogP contribution is -2.81. The Kier molecular flexibility index (Phi) is 3.26. The lowest BCUT2D eigenvalue weighted by atomic mass is 10.2. The van der Waals surface area contributed by atoms with Crippen LogP contribution in [0.25, 0.3) is 0 Å². The first kappa shape index (κ1) is 10.8. The Hall–Kier alpha value is -1.75. The molecule has 0 atom stereocenters. The molecule has 1 heterocycles. The first-order valence-corrected chi connectivity index (χ1v) is 5.18. The Morgan fingerprint density at radius 3 is 2.81 bits per heavy atom. The second-order valence-corrected chi connectivity index (χ2v) is 3.54. The number of carbonyl (C=O) groups excluding carboxylic acids is 1. The van der Waals surface area contributed by atoms with Crippen LogP contribution in [0, 0.1) is 0 Å². The van der Waals surface area contributed by atoms with E-state index in [1.807, 2.05) is 0 Å². The largest absolute Gasteiger partial charge is 0.544 e.